The number of likely N-dealkylation sites (tertiary alicyclic amines) is 1. The SMILES string of the molecule is CNC(=O)C(C)N1CCCC1=N. The Morgan fingerprint density at radius 3 is 2.83 bits per heavy atom. The number of carbonyl (C=O) groups excluding carboxylic acids is 1. The van der Waals surface area contributed by atoms with Gasteiger partial charge in [0, 0.05) is 20.0 Å². The van der Waals surface area contributed by atoms with E-state index in [1.807, 2.05) is 11.8 Å². The first kappa shape index (κ1) is 9.03. The van der Waals surface area contributed by atoms with Gasteiger partial charge in [0.05, 0.1) is 5.84 Å². The number of likely N-dealkylation sites (N-methyl/N-ethyl adjacent to an activating group) is 1. The second kappa shape index (κ2) is 3.56. The van der Waals surface area contributed by atoms with Gasteiger partial charge in [0.2, 0.25) is 5.91 Å². The molecule has 0 saturated carbocycles. The Labute approximate surface area is 72.4 Å². The van der Waals surface area contributed by atoms with E-state index in [9.17, 15) is 4.79 Å². The van der Waals surface area contributed by atoms with Crippen molar-refractivity contribution in [3.8, 4) is 0 Å². The highest BCUT2D eigenvalue weighted by Gasteiger charge is 2.25. The van der Waals surface area contributed by atoms with Crippen molar-refractivity contribution >= 4 is 11.7 Å². The Morgan fingerprint density at radius 2 is 2.42 bits per heavy atom. The summed E-state index contributed by atoms with van der Waals surface area (Å²) in [4.78, 5) is 13.0. The molecule has 1 fully saturated rings. The summed E-state index contributed by atoms with van der Waals surface area (Å²) in [7, 11) is 1.62. The van der Waals surface area contributed by atoms with E-state index < -0.39 is 0 Å². The fourth-order valence-corrected chi connectivity index (χ4v) is 1.47. The van der Waals surface area contributed by atoms with Gasteiger partial charge in [-0.25, -0.2) is 0 Å². The van der Waals surface area contributed by atoms with Gasteiger partial charge < -0.3 is 10.2 Å². The van der Waals surface area contributed by atoms with E-state index in [-0.39, 0.29) is 11.9 Å². The molecule has 1 atom stereocenters. The Balaban J connectivity index is 2.57. The van der Waals surface area contributed by atoms with Crippen LogP contribution in [0.3, 0.4) is 0 Å². The summed E-state index contributed by atoms with van der Waals surface area (Å²) in [6.07, 6.45) is 1.81. The van der Waals surface area contributed by atoms with Crippen molar-refractivity contribution < 1.29 is 4.79 Å². The van der Waals surface area contributed by atoms with Crippen molar-refractivity contribution in [1.29, 1.82) is 5.41 Å². The van der Waals surface area contributed by atoms with E-state index >= 15 is 0 Å². The number of hydrogen-bond donors (Lipinski definition) is 2. The number of amidine groups is 1. The quantitative estimate of drug-likeness (QED) is 0.620. The van der Waals surface area contributed by atoms with Gasteiger partial charge in [-0.3, -0.25) is 10.2 Å². The molecule has 1 rings (SSSR count). The molecule has 0 aromatic rings. The first-order valence-corrected chi connectivity index (χ1v) is 4.22. The molecule has 1 aliphatic heterocycles. The summed E-state index contributed by atoms with van der Waals surface area (Å²) in [5.74, 6) is 0.577. The highest BCUT2D eigenvalue weighted by atomic mass is 16.2. The summed E-state index contributed by atoms with van der Waals surface area (Å²) in [5.41, 5.74) is 0. The van der Waals surface area contributed by atoms with E-state index in [1.165, 1.54) is 0 Å². The third-order valence-corrected chi connectivity index (χ3v) is 2.25. The highest BCUT2D eigenvalue weighted by molar-refractivity contribution is 5.89. The zero-order chi connectivity index (χ0) is 9.14. The zero-order valence-corrected chi connectivity index (χ0v) is 7.55. The first-order valence-electron chi connectivity index (χ1n) is 4.22. The molecule has 0 radical (unpaired) electrons. The molecule has 2 N–H and O–H groups in total. The van der Waals surface area contributed by atoms with Gasteiger partial charge in [-0.05, 0) is 13.3 Å². The molecule has 0 aromatic carbocycles. The second-order valence-electron chi connectivity index (χ2n) is 3.03. The number of amides is 1. The van der Waals surface area contributed by atoms with Crippen LogP contribution in [0.1, 0.15) is 19.8 Å². The smallest absolute Gasteiger partial charge is 0.242 e. The van der Waals surface area contributed by atoms with Crippen LogP contribution in [-0.4, -0.2) is 36.3 Å². The first-order chi connectivity index (χ1) is 5.66. The Bertz CT molecular complexity index is 202. The average Bonchev–Trinajstić information content (AvgIpc) is 2.48. The van der Waals surface area contributed by atoms with Crippen molar-refractivity contribution in [2.24, 2.45) is 0 Å². The standard InChI is InChI=1S/C8H15N3O/c1-6(8(12)10-2)11-5-3-4-7(11)9/h6,9H,3-5H2,1-2H3,(H,10,12). The highest BCUT2D eigenvalue weighted by Crippen LogP contribution is 2.13. The maximum Gasteiger partial charge on any atom is 0.242 e. The van der Waals surface area contributed by atoms with Gasteiger partial charge in [0.15, 0.2) is 0 Å². The molecule has 1 amide bonds. The average molecular weight is 169 g/mol. The van der Waals surface area contributed by atoms with Gasteiger partial charge in [0.25, 0.3) is 0 Å². The number of nitrogens with zero attached hydrogens (tertiary/aromatic N) is 1. The molecule has 4 heteroatoms. The van der Waals surface area contributed by atoms with E-state index in [1.54, 1.807) is 7.05 Å². The van der Waals surface area contributed by atoms with Crippen LogP contribution >= 0.6 is 0 Å². The van der Waals surface area contributed by atoms with E-state index in [0.29, 0.717) is 5.84 Å². The summed E-state index contributed by atoms with van der Waals surface area (Å²) < 4.78 is 0. The molecule has 12 heavy (non-hydrogen) atoms. The lowest BCUT2D eigenvalue weighted by atomic mass is 10.3. The monoisotopic (exact) mass is 169 g/mol. The van der Waals surface area contributed by atoms with Crippen molar-refractivity contribution in [2.45, 2.75) is 25.8 Å². The molecule has 0 aliphatic carbocycles. The third kappa shape index (κ3) is 1.57. The summed E-state index contributed by atoms with van der Waals surface area (Å²) in [6, 6.07) is -0.190. The van der Waals surface area contributed by atoms with Crippen LogP contribution in [0.15, 0.2) is 0 Å². The van der Waals surface area contributed by atoms with Crippen LogP contribution in [0.5, 0.6) is 0 Å². The number of hydrogen-bond acceptors (Lipinski definition) is 2. The summed E-state index contributed by atoms with van der Waals surface area (Å²) in [6.45, 7) is 2.67. The van der Waals surface area contributed by atoms with Crippen molar-refractivity contribution in [2.75, 3.05) is 13.6 Å². The summed E-state index contributed by atoms with van der Waals surface area (Å²) in [5, 5.41) is 10.1. The lowest BCUT2D eigenvalue weighted by Gasteiger charge is -2.24. The minimum Gasteiger partial charge on any atom is -0.357 e. The predicted molar refractivity (Wildman–Crippen MR) is 47.2 cm³/mol. The van der Waals surface area contributed by atoms with Crippen LogP contribution < -0.4 is 5.32 Å². The molecule has 1 heterocycles. The fraction of sp³-hybridized carbons (Fsp3) is 0.750. The third-order valence-electron chi connectivity index (χ3n) is 2.25. The molecule has 1 saturated heterocycles. The Morgan fingerprint density at radius 1 is 1.75 bits per heavy atom. The minimum atomic E-state index is -0.190. The molecular formula is C8H15N3O. The van der Waals surface area contributed by atoms with Gasteiger partial charge >= 0.3 is 0 Å². The lowest BCUT2D eigenvalue weighted by molar-refractivity contribution is -0.124. The van der Waals surface area contributed by atoms with Gasteiger partial charge in [-0.1, -0.05) is 0 Å². The fourth-order valence-electron chi connectivity index (χ4n) is 1.47. The van der Waals surface area contributed by atoms with Gasteiger partial charge in [-0.15, -0.1) is 0 Å². The van der Waals surface area contributed by atoms with Crippen LogP contribution in [0.4, 0.5) is 0 Å². The zero-order valence-electron chi connectivity index (χ0n) is 7.55. The van der Waals surface area contributed by atoms with Gasteiger partial charge in [-0.2, -0.15) is 0 Å². The Hall–Kier alpha value is -1.06. The van der Waals surface area contributed by atoms with Crippen LogP contribution in [0.25, 0.3) is 0 Å². The maximum absolute atomic E-state index is 11.2. The van der Waals surface area contributed by atoms with Crippen molar-refractivity contribution in [3.63, 3.8) is 0 Å². The molecule has 1 aliphatic rings. The molecule has 0 bridgehead atoms. The van der Waals surface area contributed by atoms with E-state index in [4.69, 9.17) is 5.41 Å². The second-order valence-corrected chi connectivity index (χ2v) is 3.03. The predicted octanol–water partition coefficient (Wildman–Crippen LogP) is 0.194. The molecule has 68 valence electrons. The Kier molecular flexibility index (Phi) is 2.68. The van der Waals surface area contributed by atoms with Crippen LogP contribution in [0, 0.1) is 5.41 Å². The molecule has 4 nitrogen and oxygen atoms in total. The topological polar surface area (TPSA) is 56.2 Å². The molecular weight excluding hydrogens is 154 g/mol. The molecule has 0 spiro atoms. The van der Waals surface area contributed by atoms with Crippen molar-refractivity contribution in [3.05, 3.63) is 0 Å². The van der Waals surface area contributed by atoms with Gasteiger partial charge in [0.1, 0.15) is 6.04 Å². The summed E-state index contributed by atoms with van der Waals surface area (Å²) >= 11 is 0. The number of nitrogens with one attached hydrogen (secondary N) is 2. The molecule has 0 aromatic heterocycles. The van der Waals surface area contributed by atoms with E-state index in [2.05, 4.69) is 5.32 Å². The van der Waals surface area contributed by atoms with E-state index in [0.717, 1.165) is 19.4 Å². The number of rotatable bonds is 2. The van der Waals surface area contributed by atoms with Crippen molar-refractivity contribution in [1.82, 2.24) is 10.2 Å². The normalized spacial score (nSPS) is 19.5. The minimum absolute atomic E-state index is 0.0124. The lowest BCUT2D eigenvalue weighted by Crippen LogP contribution is -2.44. The maximum atomic E-state index is 11.2. The number of carbonyl (C=O) groups is 1. The molecule has 1 unspecified atom stereocenters. The largest absolute Gasteiger partial charge is 0.357 e. The van der Waals surface area contributed by atoms with Crippen LogP contribution in [-0.2, 0) is 4.79 Å². The van der Waals surface area contributed by atoms with Crippen LogP contribution in [0.2, 0.25) is 0 Å².